The molecule has 0 aliphatic carbocycles. The van der Waals surface area contributed by atoms with Gasteiger partial charge in [0, 0.05) is 12.5 Å². The third kappa shape index (κ3) is 4.34. The molecule has 0 saturated heterocycles. The van der Waals surface area contributed by atoms with E-state index in [1.807, 2.05) is 13.8 Å². The number of nitrogens with two attached hydrogens (primary N) is 1. The van der Waals surface area contributed by atoms with Crippen LogP contribution >= 0.6 is 0 Å². The lowest BCUT2D eigenvalue weighted by Crippen LogP contribution is -2.30. The monoisotopic (exact) mass is 172 g/mol. The third-order valence-corrected chi connectivity index (χ3v) is 1.96. The molecule has 0 saturated carbocycles. The highest BCUT2D eigenvalue weighted by molar-refractivity contribution is 5.78. The first-order valence-corrected chi connectivity index (χ1v) is 4.59. The minimum Gasteiger partial charge on any atom is -0.356 e. The molecule has 0 aromatic carbocycles. The lowest BCUT2D eigenvalue weighted by Gasteiger charge is -2.14. The fraction of sp³-hybridized carbons (Fsp3) is 0.889. The van der Waals surface area contributed by atoms with Crippen molar-refractivity contribution in [2.45, 2.75) is 27.2 Å². The van der Waals surface area contributed by atoms with E-state index in [9.17, 15) is 4.79 Å². The Bertz CT molecular complexity index is 136. The maximum Gasteiger partial charge on any atom is 0.222 e. The molecule has 3 N–H and O–H groups in total. The Kier molecular flexibility index (Phi) is 5.72. The fourth-order valence-electron chi connectivity index (χ4n) is 1.16. The van der Waals surface area contributed by atoms with E-state index in [0.717, 1.165) is 6.42 Å². The first kappa shape index (κ1) is 11.4. The van der Waals surface area contributed by atoms with Gasteiger partial charge in [-0.3, -0.25) is 4.79 Å². The highest BCUT2D eigenvalue weighted by Gasteiger charge is 2.14. The summed E-state index contributed by atoms with van der Waals surface area (Å²) >= 11 is 0. The smallest absolute Gasteiger partial charge is 0.222 e. The first-order chi connectivity index (χ1) is 5.61. The Balaban J connectivity index is 3.70. The summed E-state index contributed by atoms with van der Waals surface area (Å²) in [5, 5.41) is 2.79. The van der Waals surface area contributed by atoms with Crippen LogP contribution < -0.4 is 11.1 Å². The van der Waals surface area contributed by atoms with E-state index >= 15 is 0 Å². The average molecular weight is 172 g/mol. The minimum absolute atomic E-state index is 0.0866. The topological polar surface area (TPSA) is 55.1 Å². The molecule has 1 amide bonds. The molecule has 0 aliphatic heterocycles. The van der Waals surface area contributed by atoms with E-state index in [-0.39, 0.29) is 11.8 Å². The number of carbonyl (C=O) groups excluding carboxylic acids is 1. The average Bonchev–Trinajstić information content (AvgIpc) is 2.04. The molecule has 3 heteroatoms. The molecule has 0 aromatic rings. The molecule has 0 bridgehead atoms. The van der Waals surface area contributed by atoms with Crippen molar-refractivity contribution in [3.05, 3.63) is 0 Å². The Morgan fingerprint density at radius 1 is 1.50 bits per heavy atom. The first-order valence-electron chi connectivity index (χ1n) is 4.59. The Morgan fingerprint density at radius 3 is 2.50 bits per heavy atom. The highest BCUT2D eigenvalue weighted by Crippen LogP contribution is 2.10. The molecular formula is C9H20N2O. The van der Waals surface area contributed by atoms with Crippen molar-refractivity contribution in [1.82, 2.24) is 5.32 Å². The summed E-state index contributed by atoms with van der Waals surface area (Å²) in [5.74, 6) is 0.656. The second-order valence-electron chi connectivity index (χ2n) is 3.37. The van der Waals surface area contributed by atoms with E-state index in [4.69, 9.17) is 5.73 Å². The van der Waals surface area contributed by atoms with Crippen LogP contribution in [0.15, 0.2) is 0 Å². The van der Waals surface area contributed by atoms with Crippen LogP contribution in [0.1, 0.15) is 27.2 Å². The van der Waals surface area contributed by atoms with E-state index in [2.05, 4.69) is 12.2 Å². The molecule has 2 atom stereocenters. The number of hydrogen-bond donors (Lipinski definition) is 2. The standard InChI is InChI=1S/C9H20N2O/c1-4-11-9(12)8(3)5-7(2)6-10/h7-8H,4-6,10H2,1-3H3,(H,11,12). The summed E-state index contributed by atoms with van der Waals surface area (Å²) in [6, 6.07) is 0. The Hall–Kier alpha value is -0.570. The molecule has 0 rings (SSSR count). The molecule has 12 heavy (non-hydrogen) atoms. The minimum atomic E-state index is 0.0866. The number of carbonyl (C=O) groups is 1. The second-order valence-corrected chi connectivity index (χ2v) is 3.37. The van der Waals surface area contributed by atoms with Crippen molar-refractivity contribution < 1.29 is 4.79 Å². The summed E-state index contributed by atoms with van der Waals surface area (Å²) in [7, 11) is 0. The van der Waals surface area contributed by atoms with Crippen LogP contribution in [0, 0.1) is 11.8 Å². The van der Waals surface area contributed by atoms with Crippen LogP contribution in [0.5, 0.6) is 0 Å². The molecule has 0 aliphatic rings. The zero-order chi connectivity index (χ0) is 9.56. The zero-order valence-electron chi connectivity index (χ0n) is 8.26. The van der Waals surface area contributed by atoms with Crippen molar-refractivity contribution in [2.24, 2.45) is 17.6 Å². The highest BCUT2D eigenvalue weighted by atomic mass is 16.1. The van der Waals surface area contributed by atoms with Gasteiger partial charge in [0.05, 0.1) is 0 Å². The number of nitrogens with one attached hydrogen (secondary N) is 1. The van der Waals surface area contributed by atoms with Crippen LogP contribution in [0.25, 0.3) is 0 Å². The van der Waals surface area contributed by atoms with Gasteiger partial charge in [0.15, 0.2) is 0 Å². The van der Waals surface area contributed by atoms with Gasteiger partial charge in [-0.15, -0.1) is 0 Å². The fourth-order valence-corrected chi connectivity index (χ4v) is 1.16. The second kappa shape index (κ2) is 6.00. The van der Waals surface area contributed by atoms with Crippen LogP contribution in [0.2, 0.25) is 0 Å². The summed E-state index contributed by atoms with van der Waals surface area (Å²) in [6.07, 6.45) is 0.877. The van der Waals surface area contributed by atoms with Gasteiger partial charge in [0.2, 0.25) is 5.91 Å². The van der Waals surface area contributed by atoms with E-state index in [1.165, 1.54) is 0 Å². The lowest BCUT2D eigenvalue weighted by molar-refractivity contribution is -0.124. The lowest BCUT2D eigenvalue weighted by atomic mass is 9.97. The van der Waals surface area contributed by atoms with Gasteiger partial charge in [-0.25, -0.2) is 0 Å². The Morgan fingerprint density at radius 2 is 2.08 bits per heavy atom. The third-order valence-electron chi connectivity index (χ3n) is 1.96. The van der Waals surface area contributed by atoms with E-state index in [1.54, 1.807) is 0 Å². The Labute approximate surface area is 74.7 Å². The summed E-state index contributed by atoms with van der Waals surface area (Å²) in [6.45, 7) is 7.30. The maximum absolute atomic E-state index is 11.2. The summed E-state index contributed by atoms with van der Waals surface area (Å²) < 4.78 is 0. The van der Waals surface area contributed by atoms with Crippen LogP contribution in [-0.4, -0.2) is 19.0 Å². The van der Waals surface area contributed by atoms with Crippen molar-refractivity contribution in [3.63, 3.8) is 0 Å². The predicted octanol–water partition coefficient (Wildman–Crippen LogP) is 0.743. The molecule has 72 valence electrons. The zero-order valence-corrected chi connectivity index (χ0v) is 8.26. The maximum atomic E-state index is 11.2. The van der Waals surface area contributed by atoms with Crippen molar-refractivity contribution >= 4 is 5.91 Å². The van der Waals surface area contributed by atoms with Gasteiger partial charge >= 0.3 is 0 Å². The van der Waals surface area contributed by atoms with Gasteiger partial charge in [-0.2, -0.15) is 0 Å². The van der Waals surface area contributed by atoms with Crippen molar-refractivity contribution in [2.75, 3.05) is 13.1 Å². The van der Waals surface area contributed by atoms with Gasteiger partial charge in [0.1, 0.15) is 0 Å². The molecule has 0 aromatic heterocycles. The summed E-state index contributed by atoms with van der Waals surface area (Å²) in [5.41, 5.74) is 5.46. The molecule has 0 fully saturated rings. The van der Waals surface area contributed by atoms with Crippen molar-refractivity contribution in [3.8, 4) is 0 Å². The van der Waals surface area contributed by atoms with Gasteiger partial charge in [0.25, 0.3) is 0 Å². The molecule has 3 nitrogen and oxygen atoms in total. The quantitative estimate of drug-likeness (QED) is 0.642. The normalized spacial score (nSPS) is 15.3. The molecule has 0 radical (unpaired) electrons. The number of hydrogen-bond acceptors (Lipinski definition) is 2. The van der Waals surface area contributed by atoms with Gasteiger partial charge < -0.3 is 11.1 Å². The number of rotatable bonds is 5. The van der Waals surface area contributed by atoms with Crippen LogP contribution in [-0.2, 0) is 4.79 Å². The predicted molar refractivity (Wildman–Crippen MR) is 50.7 cm³/mol. The van der Waals surface area contributed by atoms with Gasteiger partial charge in [-0.1, -0.05) is 13.8 Å². The summed E-state index contributed by atoms with van der Waals surface area (Å²) in [4.78, 5) is 11.2. The molecule has 0 spiro atoms. The largest absolute Gasteiger partial charge is 0.356 e. The molecule has 2 unspecified atom stereocenters. The SMILES string of the molecule is CCNC(=O)C(C)CC(C)CN. The van der Waals surface area contributed by atoms with Gasteiger partial charge in [-0.05, 0) is 25.8 Å². The molecule has 0 heterocycles. The van der Waals surface area contributed by atoms with E-state index < -0.39 is 0 Å². The number of amides is 1. The van der Waals surface area contributed by atoms with Crippen LogP contribution in [0.3, 0.4) is 0 Å². The van der Waals surface area contributed by atoms with Crippen molar-refractivity contribution in [1.29, 1.82) is 0 Å². The molecular weight excluding hydrogens is 152 g/mol. The van der Waals surface area contributed by atoms with Crippen LogP contribution in [0.4, 0.5) is 0 Å². The van der Waals surface area contributed by atoms with E-state index in [0.29, 0.717) is 19.0 Å².